The second-order valence-electron chi connectivity index (χ2n) is 4.99. The zero-order valence-corrected chi connectivity index (χ0v) is 14.2. The number of nitrogens with one attached hydrogen (secondary N) is 1. The number of halogens is 1. The van der Waals surface area contributed by atoms with Crippen LogP contribution in [0.5, 0.6) is 5.75 Å². The van der Waals surface area contributed by atoms with Crippen molar-refractivity contribution in [1.82, 2.24) is 4.72 Å². The van der Waals surface area contributed by atoms with Gasteiger partial charge in [0.05, 0.1) is 7.11 Å². The molecule has 0 bridgehead atoms. The summed E-state index contributed by atoms with van der Waals surface area (Å²) < 4.78 is 33.0. The van der Waals surface area contributed by atoms with Gasteiger partial charge < -0.3 is 4.74 Å². The molecule has 0 saturated carbocycles. The Morgan fingerprint density at radius 1 is 1.18 bits per heavy atom. The molecule has 0 saturated heterocycles. The van der Waals surface area contributed by atoms with Crippen LogP contribution in [-0.2, 0) is 10.0 Å². The fourth-order valence-corrected chi connectivity index (χ4v) is 3.95. The lowest BCUT2D eigenvalue weighted by atomic mass is 10.0. The molecule has 22 heavy (non-hydrogen) atoms. The largest absolute Gasteiger partial charge is 0.495 e. The van der Waals surface area contributed by atoms with E-state index in [-0.39, 0.29) is 16.7 Å². The van der Waals surface area contributed by atoms with Crippen LogP contribution in [0.1, 0.15) is 24.1 Å². The van der Waals surface area contributed by atoms with Crippen molar-refractivity contribution in [3.05, 3.63) is 58.6 Å². The molecule has 0 aliphatic rings. The Bertz CT molecular complexity index is 775. The number of hydrogen-bond donors (Lipinski definition) is 1. The molecule has 0 aliphatic carbocycles. The van der Waals surface area contributed by atoms with Crippen LogP contribution in [0.2, 0.25) is 5.02 Å². The Morgan fingerprint density at radius 3 is 2.50 bits per heavy atom. The lowest BCUT2D eigenvalue weighted by molar-refractivity contribution is 0.402. The first kappa shape index (κ1) is 16.8. The Labute approximate surface area is 136 Å². The standard InChI is InChI=1S/C16H18ClNO3S/c1-11-6-4-5-7-14(11)12(2)18-22(19,20)16-10-13(17)8-9-15(16)21-3/h4-10,12,18H,1-3H3/t12-/m1/s1. The quantitative estimate of drug-likeness (QED) is 0.903. The maximum absolute atomic E-state index is 12.6. The normalized spacial score (nSPS) is 12.9. The van der Waals surface area contributed by atoms with E-state index >= 15 is 0 Å². The first-order valence-corrected chi connectivity index (χ1v) is 8.62. The van der Waals surface area contributed by atoms with Crippen molar-refractivity contribution in [2.45, 2.75) is 24.8 Å². The van der Waals surface area contributed by atoms with Crippen LogP contribution < -0.4 is 9.46 Å². The van der Waals surface area contributed by atoms with E-state index in [0.29, 0.717) is 5.02 Å². The van der Waals surface area contributed by atoms with Gasteiger partial charge in [-0.05, 0) is 43.2 Å². The van der Waals surface area contributed by atoms with Crippen molar-refractivity contribution in [3.63, 3.8) is 0 Å². The van der Waals surface area contributed by atoms with Gasteiger partial charge in [-0.1, -0.05) is 35.9 Å². The van der Waals surface area contributed by atoms with Gasteiger partial charge in [0.15, 0.2) is 0 Å². The van der Waals surface area contributed by atoms with Crippen molar-refractivity contribution >= 4 is 21.6 Å². The Hall–Kier alpha value is -1.56. The summed E-state index contributed by atoms with van der Waals surface area (Å²) in [5.41, 5.74) is 1.95. The van der Waals surface area contributed by atoms with E-state index < -0.39 is 10.0 Å². The molecule has 0 spiro atoms. The monoisotopic (exact) mass is 339 g/mol. The number of benzene rings is 2. The molecule has 0 aliphatic heterocycles. The summed E-state index contributed by atoms with van der Waals surface area (Å²) >= 11 is 5.91. The molecule has 2 aromatic carbocycles. The van der Waals surface area contributed by atoms with E-state index in [1.54, 1.807) is 13.0 Å². The first-order valence-electron chi connectivity index (χ1n) is 6.76. The SMILES string of the molecule is COc1ccc(Cl)cc1S(=O)(=O)N[C@H](C)c1ccccc1C. The minimum atomic E-state index is -3.75. The van der Waals surface area contributed by atoms with E-state index in [0.717, 1.165) is 11.1 Å². The number of sulfonamides is 1. The summed E-state index contributed by atoms with van der Waals surface area (Å²) in [4.78, 5) is 0.0305. The number of methoxy groups -OCH3 is 1. The van der Waals surface area contributed by atoms with Crippen LogP contribution in [0.15, 0.2) is 47.4 Å². The summed E-state index contributed by atoms with van der Waals surface area (Å²) in [6.45, 7) is 3.75. The van der Waals surface area contributed by atoms with Crippen LogP contribution in [0, 0.1) is 6.92 Å². The van der Waals surface area contributed by atoms with Gasteiger partial charge in [0.1, 0.15) is 10.6 Å². The van der Waals surface area contributed by atoms with E-state index in [2.05, 4.69) is 4.72 Å². The second kappa shape index (κ2) is 6.69. The van der Waals surface area contributed by atoms with Crippen LogP contribution in [0.25, 0.3) is 0 Å². The molecule has 0 radical (unpaired) electrons. The smallest absolute Gasteiger partial charge is 0.244 e. The van der Waals surface area contributed by atoms with Crippen LogP contribution >= 0.6 is 11.6 Å². The highest BCUT2D eigenvalue weighted by Gasteiger charge is 2.23. The molecule has 1 atom stereocenters. The molecule has 4 nitrogen and oxygen atoms in total. The van der Waals surface area contributed by atoms with E-state index in [1.165, 1.54) is 19.2 Å². The van der Waals surface area contributed by atoms with Gasteiger partial charge in [-0.25, -0.2) is 13.1 Å². The Kier molecular flexibility index (Phi) is 5.11. The maximum Gasteiger partial charge on any atom is 0.244 e. The van der Waals surface area contributed by atoms with Gasteiger partial charge in [-0.3, -0.25) is 0 Å². The summed E-state index contributed by atoms with van der Waals surface area (Å²) in [6.07, 6.45) is 0. The molecule has 0 aromatic heterocycles. The third-order valence-electron chi connectivity index (χ3n) is 3.40. The average molecular weight is 340 g/mol. The minimum Gasteiger partial charge on any atom is -0.495 e. The van der Waals surface area contributed by atoms with Crippen LogP contribution in [-0.4, -0.2) is 15.5 Å². The highest BCUT2D eigenvalue weighted by Crippen LogP contribution is 2.28. The van der Waals surface area contributed by atoms with E-state index in [4.69, 9.17) is 16.3 Å². The topological polar surface area (TPSA) is 55.4 Å². The fourth-order valence-electron chi connectivity index (χ4n) is 2.29. The van der Waals surface area contributed by atoms with Crippen molar-refractivity contribution in [1.29, 1.82) is 0 Å². The Balaban J connectivity index is 2.36. The van der Waals surface area contributed by atoms with E-state index in [1.807, 2.05) is 31.2 Å². The molecule has 1 N–H and O–H groups in total. The van der Waals surface area contributed by atoms with Crippen LogP contribution in [0.4, 0.5) is 0 Å². The number of aryl methyl sites for hydroxylation is 1. The highest BCUT2D eigenvalue weighted by molar-refractivity contribution is 7.89. The van der Waals surface area contributed by atoms with Crippen molar-refractivity contribution in [2.75, 3.05) is 7.11 Å². The minimum absolute atomic E-state index is 0.0305. The van der Waals surface area contributed by atoms with Gasteiger partial charge >= 0.3 is 0 Å². The van der Waals surface area contributed by atoms with Gasteiger partial charge in [0.25, 0.3) is 0 Å². The van der Waals surface area contributed by atoms with Gasteiger partial charge in [-0.15, -0.1) is 0 Å². The molecule has 0 unspecified atom stereocenters. The zero-order chi connectivity index (χ0) is 16.3. The Morgan fingerprint density at radius 2 is 1.86 bits per heavy atom. The average Bonchev–Trinajstić information content (AvgIpc) is 2.47. The van der Waals surface area contributed by atoms with E-state index in [9.17, 15) is 8.42 Å². The molecule has 0 amide bonds. The number of hydrogen-bond acceptors (Lipinski definition) is 3. The molecule has 0 heterocycles. The second-order valence-corrected chi connectivity index (χ2v) is 7.11. The fraction of sp³-hybridized carbons (Fsp3) is 0.250. The number of rotatable bonds is 5. The number of ether oxygens (including phenoxy) is 1. The van der Waals surface area contributed by atoms with Crippen molar-refractivity contribution < 1.29 is 13.2 Å². The summed E-state index contributed by atoms with van der Waals surface area (Å²) in [7, 11) is -2.33. The van der Waals surface area contributed by atoms with Gasteiger partial charge in [-0.2, -0.15) is 0 Å². The molecule has 0 fully saturated rings. The molecule has 6 heteroatoms. The molecule has 2 rings (SSSR count). The third-order valence-corrected chi connectivity index (χ3v) is 5.20. The summed E-state index contributed by atoms with van der Waals surface area (Å²) in [6, 6.07) is 11.8. The third kappa shape index (κ3) is 3.61. The highest BCUT2D eigenvalue weighted by atomic mass is 35.5. The van der Waals surface area contributed by atoms with Crippen LogP contribution in [0.3, 0.4) is 0 Å². The molecule has 2 aromatic rings. The van der Waals surface area contributed by atoms with Gasteiger partial charge in [0, 0.05) is 11.1 Å². The predicted molar refractivity (Wildman–Crippen MR) is 87.9 cm³/mol. The molecular weight excluding hydrogens is 322 g/mol. The lowest BCUT2D eigenvalue weighted by Crippen LogP contribution is -2.27. The molecular formula is C16H18ClNO3S. The van der Waals surface area contributed by atoms with Crippen molar-refractivity contribution in [3.8, 4) is 5.75 Å². The predicted octanol–water partition coefficient (Wildman–Crippen LogP) is 3.70. The maximum atomic E-state index is 12.6. The first-order chi connectivity index (χ1) is 10.3. The lowest BCUT2D eigenvalue weighted by Gasteiger charge is -2.18. The molecule has 118 valence electrons. The zero-order valence-electron chi connectivity index (χ0n) is 12.6. The summed E-state index contributed by atoms with van der Waals surface area (Å²) in [5.74, 6) is 0.258. The summed E-state index contributed by atoms with van der Waals surface area (Å²) in [5, 5.41) is 0.338. The van der Waals surface area contributed by atoms with Crippen molar-refractivity contribution in [2.24, 2.45) is 0 Å². The van der Waals surface area contributed by atoms with Gasteiger partial charge in [0.2, 0.25) is 10.0 Å².